The van der Waals surface area contributed by atoms with Gasteiger partial charge >= 0.3 is 0 Å². The van der Waals surface area contributed by atoms with E-state index in [4.69, 9.17) is 9.47 Å². The number of carbonyl (C=O) groups is 1. The van der Waals surface area contributed by atoms with Gasteiger partial charge in [-0.1, -0.05) is 30.3 Å². The van der Waals surface area contributed by atoms with E-state index in [2.05, 4.69) is 5.32 Å². The molecule has 0 spiro atoms. The van der Waals surface area contributed by atoms with Gasteiger partial charge in [-0.25, -0.2) is 8.42 Å². The number of methoxy groups -OCH3 is 2. The molecule has 0 aliphatic carbocycles. The van der Waals surface area contributed by atoms with E-state index in [1.165, 1.54) is 45.0 Å². The SMILES string of the molecule is COc1ccc(S(=O)(=O)N(C)CC(=O)N[C@H](C)CCc2ccccc2)cc1OC. The van der Waals surface area contributed by atoms with Crippen molar-refractivity contribution in [2.24, 2.45) is 0 Å². The number of ether oxygens (including phenoxy) is 2. The highest BCUT2D eigenvalue weighted by Gasteiger charge is 2.24. The lowest BCUT2D eigenvalue weighted by Gasteiger charge is -2.20. The first-order valence-corrected chi connectivity index (χ1v) is 10.7. The molecule has 2 rings (SSSR count). The molecule has 2 aromatic carbocycles. The molecule has 0 aliphatic rings. The third-order valence-corrected chi connectivity index (χ3v) is 6.35. The molecule has 0 radical (unpaired) electrons. The zero-order valence-electron chi connectivity index (χ0n) is 17.2. The van der Waals surface area contributed by atoms with Crippen molar-refractivity contribution in [3.63, 3.8) is 0 Å². The van der Waals surface area contributed by atoms with Crippen LogP contribution in [0.3, 0.4) is 0 Å². The summed E-state index contributed by atoms with van der Waals surface area (Å²) in [7, 11) is 0.436. The molecule has 0 aliphatic heterocycles. The molecule has 0 saturated carbocycles. The number of amides is 1. The Labute approximate surface area is 172 Å². The zero-order chi connectivity index (χ0) is 21.4. The number of rotatable bonds is 10. The number of likely N-dealkylation sites (N-methyl/N-ethyl adjacent to an activating group) is 1. The number of aryl methyl sites for hydroxylation is 1. The van der Waals surface area contributed by atoms with Crippen LogP contribution in [0.4, 0.5) is 0 Å². The first-order valence-electron chi connectivity index (χ1n) is 9.29. The lowest BCUT2D eigenvalue weighted by molar-refractivity contribution is -0.121. The largest absolute Gasteiger partial charge is 0.493 e. The summed E-state index contributed by atoms with van der Waals surface area (Å²) in [4.78, 5) is 12.3. The molecule has 7 nitrogen and oxygen atoms in total. The molecule has 0 saturated heterocycles. The summed E-state index contributed by atoms with van der Waals surface area (Å²) in [5.41, 5.74) is 1.20. The summed E-state index contributed by atoms with van der Waals surface area (Å²) < 4.78 is 36.9. The number of nitrogens with zero attached hydrogens (tertiary/aromatic N) is 1. The third-order valence-electron chi connectivity index (χ3n) is 4.55. The maximum atomic E-state index is 12.8. The molecule has 0 unspecified atom stereocenters. The number of benzene rings is 2. The highest BCUT2D eigenvalue weighted by molar-refractivity contribution is 7.89. The van der Waals surface area contributed by atoms with Gasteiger partial charge in [0.05, 0.1) is 25.7 Å². The van der Waals surface area contributed by atoms with Crippen molar-refractivity contribution in [3.05, 3.63) is 54.1 Å². The fourth-order valence-corrected chi connectivity index (χ4v) is 4.01. The van der Waals surface area contributed by atoms with Crippen LogP contribution < -0.4 is 14.8 Å². The second-order valence-corrected chi connectivity index (χ2v) is 8.82. The molecule has 0 fully saturated rings. The van der Waals surface area contributed by atoms with E-state index >= 15 is 0 Å². The Bertz CT molecular complexity index is 916. The van der Waals surface area contributed by atoms with Gasteiger partial charge in [-0.2, -0.15) is 4.31 Å². The van der Waals surface area contributed by atoms with Gasteiger partial charge in [-0.3, -0.25) is 4.79 Å². The van der Waals surface area contributed by atoms with Crippen molar-refractivity contribution in [1.29, 1.82) is 0 Å². The van der Waals surface area contributed by atoms with Gasteiger partial charge in [0.25, 0.3) is 0 Å². The van der Waals surface area contributed by atoms with Crippen LogP contribution in [-0.4, -0.2) is 52.5 Å². The van der Waals surface area contributed by atoms with Gasteiger partial charge in [0.2, 0.25) is 15.9 Å². The Morgan fingerprint density at radius 3 is 2.34 bits per heavy atom. The molecule has 158 valence electrons. The molecule has 1 atom stereocenters. The van der Waals surface area contributed by atoms with E-state index in [1.807, 2.05) is 37.3 Å². The summed E-state index contributed by atoms with van der Waals surface area (Å²) in [5, 5.41) is 2.86. The summed E-state index contributed by atoms with van der Waals surface area (Å²) >= 11 is 0. The normalized spacial score (nSPS) is 12.4. The molecule has 8 heteroatoms. The second kappa shape index (κ2) is 10.3. The Balaban J connectivity index is 1.95. The average Bonchev–Trinajstić information content (AvgIpc) is 2.72. The fourth-order valence-electron chi connectivity index (χ4n) is 2.86. The number of carbonyl (C=O) groups excluding carboxylic acids is 1. The standard InChI is InChI=1S/C21H28N2O5S/c1-16(10-11-17-8-6-5-7-9-17)22-21(24)15-23(2)29(25,26)18-12-13-19(27-3)20(14-18)28-4/h5-9,12-14,16H,10-11,15H2,1-4H3,(H,22,24)/t16-/m1/s1. The number of hydrogen-bond acceptors (Lipinski definition) is 5. The Morgan fingerprint density at radius 1 is 1.07 bits per heavy atom. The van der Waals surface area contributed by atoms with E-state index in [9.17, 15) is 13.2 Å². The third kappa shape index (κ3) is 6.20. The van der Waals surface area contributed by atoms with Crippen molar-refractivity contribution in [2.75, 3.05) is 27.8 Å². The quantitative estimate of drug-likeness (QED) is 0.638. The van der Waals surface area contributed by atoms with Gasteiger partial charge in [0, 0.05) is 19.2 Å². The number of nitrogens with one attached hydrogen (secondary N) is 1. The number of sulfonamides is 1. The van der Waals surface area contributed by atoms with E-state index in [-0.39, 0.29) is 23.4 Å². The summed E-state index contributed by atoms with van der Waals surface area (Å²) in [6.45, 7) is 1.63. The molecule has 1 N–H and O–H groups in total. The molecule has 29 heavy (non-hydrogen) atoms. The molecular weight excluding hydrogens is 392 g/mol. The minimum absolute atomic E-state index is 0.0302. The lowest BCUT2D eigenvalue weighted by Crippen LogP contribution is -2.41. The van der Waals surface area contributed by atoms with Crippen LogP contribution in [0.2, 0.25) is 0 Å². The van der Waals surface area contributed by atoms with Gasteiger partial charge in [0.1, 0.15) is 0 Å². The van der Waals surface area contributed by atoms with Crippen LogP contribution in [0.1, 0.15) is 18.9 Å². The Hall–Kier alpha value is -2.58. The molecule has 0 heterocycles. The van der Waals surface area contributed by atoms with E-state index < -0.39 is 10.0 Å². The van der Waals surface area contributed by atoms with Crippen molar-refractivity contribution in [1.82, 2.24) is 9.62 Å². The monoisotopic (exact) mass is 420 g/mol. The Morgan fingerprint density at radius 2 is 1.72 bits per heavy atom. The molecule has 0 aromatic heterocycles. The summed E-state index contributed by atoms with van der Waals surface area (Å²) in [6, 6.07) is 14.3. The smallest absolute Gasteiger partial charge is 0.243 e. The predicted molar refractivity (Wildman–Crippen MR) is 112 cm³/mol. The van der Waals surface area contributed by atoms with Crippen molar-refractivity contribution in [2.45, 2.75) is 30.7 Å². The maximum absolute atomic E-state index is 12.8. The van der Waals surface area contributed by atoms with Crippen LogP contribution in [0.5, 0.6) is 11.5 Å². The topological polar surface area (TPSA) is 84.9 Å². The molecular formula is C21H28N2O5S. The average molecular weight is 421 g/mol. The van der Waals surface area contributed by atoms with Crippen molar-refractivity contribution >= 4 is 15.9 Å². The van der Waals surface area contributed by atoms with Crippen LogP contribution in [0, 0.1) is 0 Å². The van der Waals surface area contributed by atoms with Crippen LogP contribution in [-0.2, 0) is 21.2 Å². The minimum Gasteiger partial charge on any atom is -0.493 e. The van der Waals surface area contributed by atoms with E-state index in [1.54, 1.807) is 0 Å². The van der Waals surface area contributed by atoms with Crippen LogP contribution >= 0.6 is 0 Å². The predicted octanol–water partition coefficient (Wildman–Crippen LogP) is 2.46. The summed E-state index contributed by atoms with van der Waals surface area (Å²) in [6.07, 6.45) is 1.60. The highest BCUT2D eigenvalue weighted by Crippen LogP contribution is 2.30. The van der Waals surface area contributed by atoms with Gasteiger partial charge in [-0.15, -0.1) is 0 Å². The van der Waals surface area contributed by atoms with E-state index in [0.29, 0.717) is 11.5 Å². The van der Waals surface area contributed by atoms with Gasteiger partial charge in [0.15, 0.2) is 11.5 Å². The maximum Gasteiger partial charge on any atom is 0.243 e. The molecule has 1 amide bonds. The van der Waals surface area contributed by atoms with Crippen molar-refractivity contribution in [3.8, 4) is 11.5 Å². The zero-order valence-corrected chi connectivity index (χ0v) is 18.0. The van der Waals surface area contributed by atoms with Gasteiger partial charge < -0.3 is 14.8 Å². The van der Waals surface area contributed by atoms with E-state index in [0.717, 1.165) is 17.1 Å². The van der Waals surface area contributed by atoms with Crippen LogP contribution in [0.15, 0.2) is 53.4 Å². The van der Waals surface area contributed by atoms with Gasteiger partial charge in [-0.05, 0) is 37.5 Å². The molecule has 2 aromatic rings. The molecule has 0 bridgehead atoms. The first-order chi connectivity index (χ1) is 13.8. The summed E-state index contributed by atoms with van der Waals surface area (Å²) in [5.74, 6) is 0.386. The fraction of sp³-hybridized carbons (Fsp3) is 0.381. The van der Waals surface area contributed by atoms with Crippen LogP contribution in [0.25, 0.3) is 0 Å². The second-order valence-electron chi connectivity index (χ2n) is 6.77. The minimum atomic E-state index is -3.85. The van der Waals surface area contributed by atoms with Crippen molar-refractivity contribution < 1.29 is 22.7 Å². The highest BCUT2D eigenvalue weighted by atomic mass is 32.2. The Kier molecular flexibility index (Phi) is 8.04. The first kappa shape index (κ1) is 22.7. The number of hydrogen-bond donors (Lipinski definition) is 1. The lowest BCUT2D eigenvalue weighted by atomic mass is 10.1.